The summed E-state index contributed by atoms with van der Waals surface area (Å²) >= 11 is 0. The van der Waals surface area contributed by atoms with Gasteiger partial charge in [-0.3, -0.25) is 4.79 Å². The summed E-state index contributed by atoms with van der Waals surface area (Å²) in [5.41, 5.74) is 11.9. The number of hydrogen-bond donors (Lipinski definition) is 9. The minimum Gasteiger partial charge on any atom is -0.508 e. The molecule has 362 valence electrons. The number of nitrogens with one attached hydrogen (secondary N) is 2. The van der Waals surface area contributed by atoms with Gasteiger partial charge in [-0.1, -0.05) is 136 Å². The molecule has 4 aromatic rings. The van der Waals surface area contributed by atoms with Crippen molar-refractivity contribution in [1.29, 1.82) is 0 Å². The number of hydrogen-bond acceptors (Lipinski definition) is 8. The molecule has 3 aromatic carbocycles. The van der Waals surface area contributed by atoms with Crippen LogP contribution in [0.2, 0.25) is 0 Å². The zero-order valence-electron chi connectivity index (χ0n) is 39.6. The fraction of sp³-hybridized carbons (Fsp3) is 0.466. The van der Waals surface area contributed by atoms with Gasteiger partial charge in [0.15, 0.2) is 0 Å². The number of aromatic amines is 1. The van der Waals surface area contributed by atoms with Crippen molar-refractivity contribution in [3.8, 4) is 33.9 Å². The number of aliphatic hydroxyl groups is 3. The number of rotatable bonds is 21. The molecule has 4 aliphatic rings. The molecule has 10 atom stereocenters. The number of aliphatic hydroxyl groups excluding tert-OH is 2. The van der Waals surface area contributed by atoms with Crippen LogP contribution in [0.15, 0.2) is 127 Å². The molecule has 1 aromatic heterocycles. The average Bonchev–Trinajstić information content (AvgIpc) is 3.86. The molecule has 10 N–H and O–H groups in total. The molecule has 0 radical (unpaired) electrons. The second-order valence-electron chi connectivity index (χ2n) is 20.4. The van der Waals surface area contributed by atoms with Gasteiger partial charge in [-0.05, 0) is 104 Å². The minimum atomic E-state index is -1.25. The predicted molar refractivity (Wildman–Crippen MR) is 269 cm³/mol. The fourth-order valence-corrected chi connectivity index (χ4v) is 12.1. The molecule has 0 unspecified atom stereocenters. The number of fused-ring (bicyclic) bond motifs is 1. The monoisotopic (exact) mass is 924 g/mol. The quantitative estimate of drug-likeness (QED) is 0.0289. The number of carboxylic acids is 1. The minimum absolute atomic E-state index is 0.00208. The second-order valence-corrected chi connectivity index (χ2v) is 20.4. The van der Waals surface area contributed by atoms with Gasteiger partial charge in [-0.15, -0.1) is 0 Å². The summed E-state index contributed by atoms with van der Waals surface area (Å²) < 4.78 is 0. The number of aromatic nitrogens is 1. The van der Waals surface area contributed by atoms with Crippen molar-refractivity contribution in [3.63, 3.8) is 0 Å². The number of dihydropyridines is 1. The Morgan fingerprint density at radius 3 is 2.37 bits per heavy atom. The van der Waals surface area contributed by atoms with Crippen molar-refractivity contribution in [1.82, 2.24) is 10.3 Å². The maximum Gasteiger partial charge on any atom is 0.309 e. The van der Waals surface area contributed by atoms with Gasteiger partial charge in [0.1, 0.15) is 11.5 Å². The summed E-state index contributed by atoms with van der Waals surface area (Å²) in [4.78, 5) is 16.6. The van der Waals surface area contributed by atoms with E-state index >= 15 is 0 Å². The van der Waals surface area contributed by atoms with Gasteiger partial charge in [-0.2, -0.15) is 0 Å². The predicted octanol–water partition coefficient (Wildman–Crippen LogP) is 10.3. The van der Waals surface area contributed by atoms with Gasteiger partial charge >= 0.3 is 5.97 Å². The Morgan fingerprint density at radius 2 is 1.63 bits per heavy atom. The molecule has 1 saturated carbocycles. The molecule has 2 heterocycles. The third-order valence-electron chi connectivity index (χ3n) is 15.7. The maximum atomic E-state index is 13.2. The number of allylic oxidation sites excluding steroid dienone is 3. The number of carbonyl (C=O) groups is 1. The Morgan fingerprint density at radius 1 is 0.868 bits per heavy atom. The fourth-order valence-electron chi connectivity index (χ4n) is 12.1. The van der Waals surface area contributed by atoms with E-state index in [0.29, 0.717) is 67.9 Å². The Labute approximate surface area is 402 Å². The topological polar surface area (TPSA) is 192 Å². The highest BCUT2D eigenvalue weighted by atomic mass is 16.4. The van der Waals surface area contributed by atoms with Gasteiger partial charge in [0.2, 0.25) is 0 Å². The van der Waals surface area contributed by atoms with Crippen LogP contribution < -0.4 is 11.1 Å². The highest BCUT2D eigenvalue weighted by molar-refractivity contribution is 5.85. The lowest BCUT2D eigenvalue weighted by atomic mass is 9.68. The summed E-state index contributed by atoms with van der Waals surface area (Å²) in [6.45, 7) is 2.84. The summed E-state index contributed by atoms with van der Waals surface area (Å²) in [7, 11) is 0. The Balaban J connectivity index is 1.02. The number of phenols is 2. The van der Waals surface area contributed by atoms with Crippen molar-refractivity contribution in [2.75, 3.05) is 6.54 Å². The van der Waals surface area contributed by atoms with Gasteiger partial charge in [-0.25, -0.2) is 0 Å². The van der Waals surface area contributed by atoms with Crippen molar-refractivity contribution >= 4 is 5.97 Å². The number of unbranched alkanes of at least 4 members (excludes halogenated alkanes) is 4. The van der Waals surface area contributed by atoms with E-state index in [9.17, 15) is 35.4 Å². The first-order valence-electron chi connectivity index (χ1n) is 25.3. The third kappa shape index (κ3) is 11.5. The second kappa shape index (κ2) is 22.3. The number of aliphatic carboxylic acids is 1. The van der Waals surface area contributed by atoms with E-state index in [1.54, 1.807) is 6.07 Å². The number of carboxylic acid groups (broad SMARTS) is 1. The van der Waals surface area contributed by atoms with E-state index < -0.39 is 29.5 Å². The highest BCUT2D eigenvalue weighted by Crippen LogP contribution is 2.55. The van der Waals surface area contributed by atoms with Gasteiger partial charge in [0, 0.05) is 59.2 Å². The molecule has 68 heavy (non-hydrogen) atoms. The first-order valence-corrected chi connectivity index (χ1v) is 25.3. The summed E-state index contributed by atoms with van der Waals surface area (Å²) in [6, 6.07) is 25.1. The average molecular weight is 924 g/mol. The molecule has 0 spiro atoms. The molecular weight excluding hydrogens is 851 g/mol. The SMILES string of the molecule is CCCCC[C@@H]1C=C[C@@H](CCCCC[C@H](C(=O)O)[C@H](O)[C@@H]2C=C[C@H]3[C@@H](CC4=CCNC(N)=C4)C[C@@H](Cc4cc(-c5ccccc5)c(-c5cc(O)cc(O)c5Cc5ccccc5)[nH]4)[C@@]3(O)C2)[C@H](O)C1. The molecule has 8 rings (SSSR count). The smallest absolute Gasteiger partial charge is 0.309 e. The first kappa shape index (κ1) is 48.9. The molecule has 0 amide bonds. The van der Waals surface area contributed by atoms with Crippen LogP contribution in [-0.4, -0.2) is 65.9 Å². The van der Waals surface area contributed by atoms with Crippen LogP contribution in [0.4, 0.5) is 0 Å². The standard InChI is InChI=1S/C58H73N3O7/c1-2-3-7-14-38-21-22-41(52(63)29-38)19-12-6-13-20-47(57(66)67)56(65)42-23-24-51-43(27-39-25-26-60-54(59)30-39)31-44(58(51,68)36-42)32-45-33-48(40-17-10-5-11-18-40)55(61-45)50-34-46(62)35-53(64)49(50)28-37-15-8-4-9-16-37/h4-5,8-11,15-18,21-25,30,33-35,38,41-44,47,51-52,56,60-65,68H,2-3,6-7,12-14,19-20,26-29,31-32,36,59H2,1H3,(H,66,67)/t38-,41-,42-,43+,44+,47+,51+,52-,56-,58+/m1/s1. The van der Waals surface area contributed by atoms with E-state index in [1.807, 2.05) is 78.9 Å². The Hall–Kier alpha value is -5.55. The van der Waals surface area contributed by atoms with Crippen LogP contribution in [0.1, 0.15) is 107 Å². The van der Waals surface area contributed by atoms with Crippen molar-refractivity contribution in [2.45, 2.75) is 121 Å². The number of benzene rings is 3. The van der Waals surface area contributed by atoms with E-state index in [-0.39, 0.29) is 47.7 Å². The van der Waals surface area contributed by atoms with Crippen LogP contribution >= 0.6 is 0 Å². The molecule has 10 nitrogen and oxygen atoms in total. The van der Waals surface area contributed by atoms with Gasteiger partial charge < -0.3 is 46.7 Å². The highest BCUT2D eigenvalue weighted by Gasteiger charge is 2.56. The van der Waals surface area contributed by atoms with Gasteiger partial charge in [0.05, 0.1) is 35.2 Å². The molecule has 0 bridgehead atoms. The number of nitrogens with two attached hydrogens (primary N) is 1. The molecule has 1 aliphatic heterocycles. The van der Waals surface area contributed by atoms with E-state index in [1.165, 1.54) is 25.3 Å². The summed E-state index contributed by atoms with van der Waals surface area (Å²) in [5.74, 6) is -1.86. The summed E-state index contributed by atoms with van der Waals surface area (Å²) in [6.07, 6.45) is 22.7. The van der Waals surface area contributed by atoms with E-state index in [0.717, 1.165) is 65.8 Å². The summed E-state index contributed by atoms with van der Waals surface area (Å²) in [5, 5.41) is 72.0. The zero-order chi connectivity index (χ0) is 47.8. The van der Waals surface area contributed by atoms with Crippen molar-refractivity contribution in [2.24, 2.45) is 47.2 Å². The number of aromatic hydroxyl groups is 2. The largest absolute Gasteiger partial charge is 0.508 e. The molecule has 1 fully saturated rings. The third-order valence-corrected chi connectivity index (χ3v) is 15.7. The zero-order valence-corrected chi connectivity index (χ0v) is 39.6. The Bertz CT molecular complexity index is 2440. The molecular formula is C58H73N3O7. The Kier molecular flexibility index (Phi) is 16.0. The molecule has 10 heteroatoms. The first-order chi connectivity index (χ1) is 32.9. The van der Waals surface area contributed by atoms with Crippen molar-refractivity contribution < 1.29 is 35.4 Å². The van der Waals surface area contributed by atoms with Crippen LogP contribution in [0.5, 0.6) is 11.5 Å². The van der Waals surface area contributed by atoms with E-state index in [2.05, 4.69) is 41.5 Å². The lowest BCUT2D eigenvalue weighted by Crippen LogP contribution is -2.48. The van der Waals surface area contributed by atoms with Crippen molar-refractivity contribution in [3.05, 3.63) is 144 Å². The maximum absolute atomic E-state index is 13.2. The van der Waals surface area contributed by atoms with Crippen LogP contribution in [0.25, 0.3) is 22.4 Å². The lowest BCUT2D eigenvalue weighted by Gasteiger charge is -2.42. The van der Waals surface area contributed by atoms with Crippen LogP contribution in [0, 0.1) is 41.4 Å². The number of phenolic OH excluding ortho intramolecular Hbond substituents is 2. The molecule has 3 aliphatic carbocycles. The number of H-pyrrole nitrogens is 1. The van der Waals surface area contributed by atoms with E-state index in [4.69, 9.17) is 5.73 Å². The normalized spacial score (nSPS) is 26.4. The van der Waals surface area contributed by atoms with Crippen LogP contribution in [-0.2, 0) is 17.6 Å². The molecule has 0 saturated heterocycles. The van der Waals surface area contributed by atoms with Crippen LogP contribution in [0.3, 0.4) is 0 Å². The van der Waals surface area contributed by atoms with Gasteiger partial charge in [0.25, 0.3) is 0 Å². The lowest BCUT2D eigenvalue weighted by molar-refractivity contribution is -0.148.